The van der Waals surface area contributed by atoms with Crippen LogP contribution in [0.15, 0.2) is 12.2 Å². The van der Waals surface area contributed by atoms with Gasteiger partial charge in [-0.1, -0.05) is 46.8 Å². The highest BCUT2D eigenvalue weighted by Crippen LogP contribution is 2.38. The summed E-state index contributed by atoms with van der Waals surface area (Å²) >= 11 is 0. The highest BCUT2D eigenvalue weighted by molar-refractivity contribution is 5.11. The van der Waals surface area contributed by atoms with Gasteiger partial charge in [-0.15, -0.1) is 0 Å². The van der Waals surface area contributed by atoms with Gasteiger partial charge in [0.1, 0.15) is 0 Å². The fourth-order valence-corrected chi connectivity index (χ4v) is 1.43. The molecule has 0 bridgehead atoms. The standard InChI is InChI=1S/C12H25N/c1-9(2)12(5,6)11(4)10(3)7-8-13/h9-10H,4,7-8,13H2,1-3,5-6H3. The zero-order chi connectivity index (χ0) is 10.6. The van der Waals surface area contributed by atoms with Gasteiger partial charge in [0.2, 0.25) is 0 Å². The SMILES string of the molecule is C=C(C(C)CCN)C(C)(C)C(C)C. The van der Waals surface area contributed by atoms with Crippen molar-refractivity contribution in [3.63, 3.8) is 0 Å². The molecule has 0 aliphatic rings. The monoisotopic (exact) mass is 183 g/mol. The minimum atomic E-state index is 0.231. The van der Waals surface area contributed by atoms with E-state index in [-0.39, 0.29) is 5.41 Å². The van der Waals surface area contributed by atoms with Gasteiger partial charge in [-0.2, -0.15) is 0 Å². The normalized spacial score (nSPS) is 14.7. The fourth-order valence-electron chi connectivity index (χ4n) is 1.43. The Balaban J connectivity index is 4.40. The van der Waals surface area contributed by atoms with E-state index in [0.29, 0.717) is 11.8 Å². The van der Waals surface area contributed by atoms with Crippen LogP contribution in [0.25, 0.3) is 0 Å². The van der Waals surface area contributed by atoms with Crippen molar-refractivity contribution >= 4 is 0 Å². The van der Waals surface area contributed by atoms with Crippen LogP contribution in [0.5, 0.6) is 0 Å². The molecule has 78 valence electrons. The number of nitrogens with two attached hydrogens (primary N) is 1. The van der Waals surface area contributed by atoms with Gasteiger partial charge in [0.05, 0.1) is 0 Å². The van der Waals surface area contributed by atoms with Gasteiger partial charge in [-0.3, -0.25) is 0 Å². The van der Waals surface area contributed by atoms with E-state index in [9.17, 15) is 0 Å². The first-order chi connectivity index (χ1) is 5.84. The van der Waals surface area contributed by atoms with Gasteiger partial charge in [-0.25, -0.2) is 0 Å². The Morgan fingerprint density at radius 2 is 1.77 bits per heavy atom. The van der Waals surface area contributed by atoms with E-state index in [2.05, 4.69) is 41.2 Å². The third kappa shape index (κ3) is 3.15. The Kier molecular flexibility index (Phi) is 4.69. The van der Waals surface area contributed by atoms with E-state index in [1.54, 1.807) is 0 Å². The van der Waals surface area contributed by atoms with E-state index in [0.717, 1.165) is 13.0 Å². The van der Waals surface area contributed by atoms with E-state index in [1.807, 2.05) is 0 Å². The molecular formula is C12H25N. The molecule has 0 aromatic heterocycles. The second-order valence-electron chi connectivity index (χ2n) is 4.88. The Bertz CT molecular complexity index is 168. The molecule has 0 heterocycles. The van der Waals surface area contributed by atoms with Crippen molar-refractivity contribution in [1.82, 2.24) is 0 Å². The second kappa shape index (κ2) is 4.80. The van der Waals surface area contributed by atoms with Crippen LogP contribution < -0.4 is 5.73 Å². The fraction of sp³-hybridized carbons (Fsp3) is 0.833. The van der Waals surface area contributed by atoms with E-state index >= 15 is 0 Å². The molecule has 13 heavy (non-hydrogen) atoms. The summed E-state index contributed by atoms with van der Waals surface area (Å²) < 4.78 is 0. The molecule has 0 aromatic rings. The van der Waals surface area contributed by atoms with Crippen LogP contribution in [0.4, 0.5) is 0 Å². The van der Waals surface area contributed by atoms with Crippen molar-refractivity contribution in [1.29, 1.82) is 0 Å². The van der Waals surface area contributed by atoms with Gasteiger partial charge >= 0.3 is 0 Å². The first-order valence-corrected chi connectivity index (χ1v) is 5.23. The van der Waals surface area contributed by atoms with Gasteiger partial charge < -0.3 is 5.73 Å². The lowest BCUT2D eigenvalue weighted by Crippen LogP contribution is -2.26. The van der Waals surface area contributed by atoms with Crippen molar-refractivity contribution in [2.45, 2.75) is 41.0 Å². The van der Waals surface area contributed by atoms with Gasteiger partial charge in [0.15, 0.2) is 0 Å². The molecule has 0 aliphatic heterocycles. The lowest BCUT2D eigenvalue weighted by atomic mass is 9.70. The summed E-state index contributed by atoms with van der Waals surface area (Å²) in [4.78, 5) is 0. The minimum Gasteiger partial charge on any atom is -0.330 e. The molecule has 0 rings (SSSR count). The van der Waals surface area contributed by atoms with Crippen molar-refractivity contribution in [3.05, 3.63) is 12.2 Å². The lowest BCUT2D eigenvalue weighted by molar-refractivity contribution is 0.281. The Hall–Kier alpha value is -0.300. The Labute approximate surface area is 83.4 Å². The van der Waals surface area contributed by atoms with Crippen LogP contribution in [0.1, 0.15) is 41.0 Å². The molecular weight excluding hydrogens is 158 g/mol. The van der Waals surface area contributed by atoms with Crippen LogP contribution in [0.2, 0.25) is 0 Å². The van der Waals surface area contributed by atoms with Crippen LogP contribution >= 0.6 is 0 Å². The smallest absolute Gasteiger partial charge is 0.00717 e. The number of rotatable bonds is 5. The molecule has 0 saturated heterocycles. The summed E-state index contributed by atoms with van der Waals surface area (Å²) in [7, 11) is 0. The van der Waals surface area contributed by atoms with Gasteiger partial charge in [0.25, 0.3) is 0 Å². The molecule has 2 N–H and O–H groups in total. The van der Waals surface area contributed by atoms with E-state index in [1.165, 1.54) is 5.57 Å². The Morgan fingerprint density at radius 1 is 1.31 bits per heavy atom. The molecule has 0 radical (unpaired) electrons. The summed E-state index contributed by atoms with van der Waals surface area (Å²) in [5, 5.41) is 0. The molecule has 1 atom stereocenters. The molecule has 1 nitrogen and oxygen atoms in total. The number of hydrogen-bond acceptors (Lipinski definition) is 1. The van der Waals surface area contributed by atoms with Crippen LogP contribution in [0.3, 0.4) is 0 Å². The molecule has 0 saturated carbocycles. The predicted octanol–water partition coefficient (Wildman–Crippen LogP) is 3.21. The van der Waals surface area contributed by atoms with Crippen molar-refractivity contribution in [3.8, 4) is 0 Å². The lowest BCUT2D eigenvalue weighted by Gasteiger charge is -2.35. The molecule has 1 unspecified atom stereocenters. The topological polar surface area (TPSA) is 26.0 Å². The van der Waals surface area contributed by atoms with Crippen LogP contribution in [-0.4, -0.2) is 6.54 Å². The zero-order valence-corrected chi connectivity index (χ0v) is 9.85. The summed E-state index contributed by atoms with van der Waals surface area (Å²) in [5.41, 5.74) is 7.12. The quantitative estimate of drug-likeness (QED) is 0.651. The average molecular weight is 183 g/mol. The van der Waals surface area contributed by atoms with Crippen LogP contribution in [-0.2, 0) is 0 Å². The molecule has 0 spiro atoms. The molecule has 0 aromatic carbocycles. The molecule has 0 amide bonds. The van der Waals surface area contributed by atoms with E-state index < -0.39 is 0 Å². The first kappa shape index (κ1) is 12.7. The van der Waals surface area contributed by atoms with Crippen LogP contribution in [0, 0.1) is 17.3 Å². The maximum absolute atomic E-state index is 5.55. The predicted molar refractivity (Wildman–Crippen MR) is 60.6 cm³/mol. The summed E-state index contributed by atoms with van der Waals surface area (Å²) in [6.45, 7) is 16.2. The van der Waals surface area contributed by atoms with Gasteiger partial charge in [0, 0.05) is 0 Å². The van der Waals surface area contributed by atoms with E-state index in [4.69, 9.17) is 5.73 Å². The number of allylic oxidation sites excluding steroid dienone is 1. The van der Waals surface area contributed by atoms with Crippen molar-refractivity contribution in [2.24, 2.45) is 23.0 Å². The first-order valence-electron chi connectivity index (χ1n) is 5.23. The maximum atomic E-state index is 5.55. The molecule has 1 heteroatoms. The average Bonchev–Trinajstić information content (AvgIpc) is 2.03. The highest BCUT2D eigenvalue weighted by Gasteiger charge is 2.28. The minimum absolute atomic E-state index is 0.231. The van der Waals surface area contributed by atoms with Crippen molar-refractivity contribution in [2.75, 3.05) is 6.54 Å². The maximum Gasteiger partial charge on any atom is -0.00717 e. The highest BCUT2D eigenvalue weighted by atomic mass is 14.5. The second-order valence-corrected chi connectivity index (χ2v) is 4.88. The summed E-state index contributed by atoms with van der Waals surface area (Å²) in [6, 6.07) is 0. The third-order valence-corrected chi connectivity index (χ3v) is 3.47. The molecule has 0 fully saturated rings. The molecule has 0 aliphatic carbocycles. The summed E-state index contributed by atoms with van der Waals surface area (Å²) in [6.07, 6.45) is 1.05. The third-order valence-electron chi connectivity index (χ3n) is 3.47. The number of hydrogen-bond donors (Lipinski definition) is 1. The summed E-state index contributed by atoms with van der Waals surface area (Å²) in [5.74, 6) is 1.18. The van der Waals surface area contributed by atoms with Gasteiger partial charge in [-0.05, 0) is 30.2 Å². The Morgan fingerprint density at radius 3 is 2.08 bits per heavy atom. The van der Waals surface area contributed by atoms with Crippen molar-refractivity contribution < 1.29 is 0 Å². The zero-order valence-electron chi connectivity index (χ0n) is 9.85. The largest absolute Gasteiger partial charge is 0.330 e.